The van der Waals surface area contributed by atoms with Crippen LogP contribution in [0.25, 0.3) is 22.9 Å². The van der Waals surface area contributed by atoms with E-state index in [1.165, 1.54) is 0 Å². The lowest BCUT2D eigenvalue weighted by molar-refractivity contribution is 0.102. The van der Waals surface area contributed by atoms with E-state index in [0.717, 1.165) is 11.3 Å². The number of nitrogens with zero attached hydrogens (tertiary/aromatic N) is 6. The Morgan fingerprint density at radius 2 is 1.63 bits per heavy atom. The van der Waals surface area contributed by atoms with E-state index in [4.69, 9.17) is 0 Å². The normalized spacial score (nSPS) is 11.0. The predicted molar refractivity (Wildman–Crippen MR) is 112 cm³/mol. The zero-order chi connectivity index (χ0) is 20.5. The zero-order valence-corrected chi connectivity index (χ0v) is 16.1. The third-order valence-electron chi connectivity index (χ3n) is 4.79. The molecular formula is C22H17N7O. The molecule has 3 aromatic heterocycles. The quantitative estimate of drug-likeness (QED) is 0.503. The number of anilines is 1. The standard InChI is InChI=1S/C22H17N7O/c1-15-18(24-22(30)17-10-6-3-7-11-17)14-23-28(15)20-13-12-19-25-26-21(29(19)27-20)16-8-4-2-5-9-16/h2-14H,1H3,(H,24,30). The van der Waals surface area contributed by atoms with Gasteiger partial charge in [-0.2, -0.15) is 9.61 Å². The van der Waals surface area contributed by atoms with Gasteiger partial charge in [0.2, 0.25) is 0 Å². The number of benzene rings is 2. The number of carbonyl (C=O) groups is 1. The van der Waals surface area contributed by atoms with Crippen LogP contribution in [0.3, 0.4) is 0 Å². The van der Waals surface area contributed by atoms with Gasteiger partial charge < -0.3 is 5.32 Å². The maximum atomic E-state index is 12.5. The van der Waals surface area contributed by atoms with Crippen molar-refractivity contribution in [3.8, 4) is 17.2 Å². The van der Waals surface area contributed by atoms with Crippen LogP contribution >= 0.6 is 0 Å². The number of amides is 1. The molecule has 8 nitrogen and oxygen atoms in total. The van der Waals surface area contributed by atoms with Crippen molar-refractivity contribution in [2.75, 3.05) is 5.32 Å². The average molecular weight is 395 g/mol. The van der Waals surface area contributed by atoms with Gasteiger partial charge >= 0.3 is 0 Å². The molecule has 0 saturated heterocycles. The lowest BCUT2D eigenvalue weighted by atomic mass is 10.2. The minimum Gasteiger partial charge on any atom is -0.319 e. The first kappa shape index (κ1) is 17.7. The van der Waals surface area contributed by atoms with Crippen LogP contribution in [0.5, 0.6) is 0 Å². The molecule has 146 valence electrons. The molecule has 0 aliphatic heterocycles. The van der Waals surface area contributed by atoms with Crippen molar-refractivity contribution in [3.63, 3.8) is 0 Å². The van der Waals surface area contributed by atoms with Crippen molar-refractivity contribution in [2.45, 2.75) is 6.92 Å². The lowest BCUT2D eigenvalue weighted by Crippen LogP contribution is -2.12. The topological polar surface area (TPSA) is 90.0 Å². The number of rotatable bonds is 4. The van der Waals surface area contributed by atoms with Crippen molar-refractivity contribution in [1.82, 2.24) is 29.6 Å². The van der Waals surface area contributed by atoms with Crippen molar-refractivity contribution in [1.29, 1.82) is 0 Å². The summed E-state index contributed by atoms with van der Waals surface area (Å²) in [6.45, 7) is 1.88. The van der Waals surface area contributed by atoms with E-state index in [9.17, 15) is 4.79 Å². The molecular weight excluding hydrogens is 378 g/mol. The Morgan fingerprint density at radius 3 is 2.40 bits per heavy atom. The largest absolute Gasteiger partial charge is 0.319 e. The Bertz CT molecular complexity index is 1340. The fraction of sp³-hybridized carbons (Fsp3) is 0.0455. The van der Waals surface area contributed by atoms with Crippen LogP contribution in [-0.2, 0) is 0 Å². The van der Waals surface area contributed by atoms with E-state index in [2.05, 4.69) is 25.7 Å². The van der Waals surface area contributed by atoms with Gasteiger partial charge in [-0.05, 0) is 31.2 Å². The maximum Gasteiger partial charge on any atom is 0.255 e. The first-order chi connectivity index (χ1) is 14.7. The second kappa shape index (κ2) is 7.25. The van der Waals surface area contributed by atoms with Gasteiger partial charge in [0, 0.05) is 11.1 Å². The summed E-state index contributed by atoms with van der Waals surface area (Å²) < 4.78 is 3.36. The van der Waals surface area contributed by atoms with E-state index in [0.29, 0.717) is 28.5 Å². The van der Waals surface area contributed by atoms with E-state index in [1.807, 2.05) is 67.6 Å². The van der Waals surface area contributed by atoms with Crippen LogP contribution in [0.2, 0.25) is 0 Å². The molecule has 0 aliphatic carbocycles. The molecule has 5 aromatic rings. The van der Waals surface area contributed by atoms with Gasteiger partial charge in [-0.3, -0.25) is 4.79 Å². The Balaban J connectivity index is 1.50. The maximum absolute atomic E-state index is 12.5. The average Bonchev–Trinajstić information content (AvgIpc) is 3.38. The third-order valence-corrected chi connectivity index (χ3v) is 4.79. The summed E-state index contributed by atoms with van der Waals surface area (Å²) in [5.74, 6) is 1.05. The molecule has 0 atom stereocenters. The van der Waals surface area contributed by atoms with Gasteiger partial charge in [0.25, 0.3) is 5.91 Å². The van der Waals surface area contributed by atoms with Gasteiger partial charge in [-0.15, -0.1) is 15.3 Å². The fourth-order valence-electron chi connectivity index (χ4n) is 3.21. The Hall–Kier alpha value is -4.33. The van der Waals surface area contributed by atoms with Crippen LogP contribution in [0.4, 0.5) is 5.69 Å². The number of aromatic nitrogens is 6. The predicted octanol–water partition coefficient (Wildman–Crippen LogP) is 3.54. The van der Waals surface area contributed by atoms with Crippen molar-refractivity contribution in [2.24, 2.45) is 0 Å². The number of hydrogen-bond donors (Lipinski definition) is 1. The third kappa shape index (κ3) is 3.10. The van der Waals surface area contributed by atoms with Gasteiger partial charge in [0.15, 0.2) is 17.3 Å². The van der Waals surface area contributed by atoms with Crippen LogP contribution in [0, 0.1) is 6.92 Å². The summed E-state index contributed by atoms with van der Waals surface area (Å²) in [7, 11) is 0. The second-order valence-electron chi connectivity index (χ2n) is 6.73. The Kier molecular flexibility index (Phi) is 4.29. The highest BCUT2D eigenvalue weighted by Gasteiger charge is 2.15. The molecule has 0 bridgehead atoms. The molecule has 30 heavy (non-hydrogen) atoms. The summed E-state index contributed by atoms with van der Waals surface area (Å²) in [5, 5.41) is 20.4. The summed E-state index contributed by atoms with van der Waals surface area (Å²) in [4.78, 5) is 12.5. The molecule has 0 unspecified atom stereocenters. The number of fused-ring (bicyclic) bond motifs is 1. The van der Waals surface area contributed by atoms with E-state index < -0.39 is 0 Å². The minimum absolute atomic E-state index is 0.188. The van der Waals surface area contributed by atoms with Crippen LogP contribution in [0.15, 0.2) is 79.0 Å². The van der Waals surface area contributed by atoms with Gasteiger partial charge in [0.05, 0.1) is 17.6 Å². The number of nitrogens with one attached hydrogen (secondary N) is 1. The molecule has 0 fully saturated rings. The van der Waals surface area contributed by atoms with Crippen molar-refractivity contribution < 1.29 is 4.79 Å². The fourth-order valence-corrected chi connectivity index (χ4v) is 3.21. The lowest BCUT2D eigenvalue weighted by Gasteiger charge is -2.07. The highest BCUT2D eigenvalue weighted by molar-refractivity contribution is 6.04. The molecule has 3 heterocycles. The molecule has 0 spiro atoms. The highest BCUT2D eigenvalue weighted by atomic mass is 16.1. The zero-order valence-electron chi connectivity index (χ0n) is 16.1. The van der Waals surface area contributed by atoms with Crippen LogP contribution < -0.4 is 5.32 Å². The SMILES string of the molecule is Cc1c(NC(=O)c2ccccc2)cnn1-c1ccc2nnc(-c3ccccc3)n2n1. The molecule has 0 saturated carbocycles. The Morgan fingerprint density at radius 1 is 0.900 bits per heavy atom. The summed E-state index contributed by atoms with van der Waals surface area (Å²) in [5.41, 5.74) is 3.53. The van der Waals surface area contributed by atoms with Gasteiger partial charge in [-0.1, -0.05) is 48.5 Å². The monoisotopic (exact) mass is 395 g/mol. The molecule has 5 rings (SSSR count). The molecule has 8 heteroatoms. The molecule has 1 amide bonds. The number of hydrogen-bond acceptors (Lipinski definition) is 5. The van der Waals surface area contributed by atoms with Crippen molar-refractivity contribution >= 4 is 17.2 Å². The van der Waals surface area contributed by atoms with Gasteiger partial charge in [0.1, 0.15) is 0 Å². The molecule has 1 N–H and O–H groups in total. The van der Waals surface area contributed by atoms with E-state index in [1.54, 1.807) is 27.5 Å². The Labute approximate surface area is 171 Å². The summed E-state index contributed by atoms with van der Waals surface area (Å²) in [6.07, 6.45) is 1.62. The molecule has 0 radical (unpaired) electrons. The second-order valence-corrected chi connectivity index (χ2v) is 6.73. The van der Waals surface area contributed by atoms with Gasteiger partial charge in [-0.25, -0.2) is 4.68 Å². The summed E-state index contributed by atoms with van der Waals surface area (Å²) in [6, 6.07) is 22.5. The minimum atomic E-state index is -0.188. The van der Waals surface area contributed by atoms with Crippen LogP contribution in [-0.4, -0.2) is 35.5 Å². The highest BCUT2D eigenvalue weighted by Crippen LogP contribution is 2.21. The van der Waals surface area contributed by atoms with Crippen molar-refractivity contribution in [3.05, 3.63) is 90.3 Å². The van der Waals surface area contributed by atoms with Crippen LogP contribution in [0.1, 0.15) is 16.1 Å². The van der Waals surface area contributed by atoms with E-state index >= 15 is 0 Å². The summed E-state index contributed by atoms with van der Waals surface area (Å²) >= 11 is 0. The first-order valence-corrected chi connectivity index (χ1v) is 9.40. The first-order valence-electron chi connectivity index (χ1n) is 9.40. The number of carbonyl (C=O) groups excluding carboxylic acids is 1. The molecule has 2 aromatic carbocycles. The smallest absolute Gasteiger partial charge is 0.255 e. The molecule has 0 aliphatic rings. The van der Waals surface area contributed by atoms with E-state index in [-0.39, 0.29) is 5.91 Å².